The molecular formula is C13H12O3. The van der Waals surface area contributed by atoms with E-state index in [-0.39, 0.29) is 6.61 Å². The Balaban J connectivity index is 2.71. The second-order valence-corrected chi connectivity index (χ2v) is 3.17. The third kappa shape index (κ3) is 3.58. The van der Waals surface area contributed by atoms with Gasteiger partial charge in [-0.1, -0.05) is 23.6 Å². The van der Waals surface area contributed by atoms with Crippen molar-refractivity contribution in [2.24, 2.45) is 0 Å². The molecule has 0 radical (unpaired) electrons. The number of rotatable bonds is 2. The van der Waals surface area contributed by atoms with Gasteiger partial charge in [0.2, 0.25) is 0 Å². The predicted octanol–water partition coefficient (Wildman–Crippen LogP) is 1.48. The van der Waals surface area contributed by atoms with Gasteiger partial charge >= 0.3 is 11.8 Å². The van der Waals surface area contributed by atoms with Gasteiger partial charge in [0.15, 0.2) is 0 Å². The average Bonchev–Trinajstić information content (AvgIpc) is 2.28. The summed E-state index contributed by atoms with van der Waals surface area (Å²) in [5.41, 5.74) is 1.81. The van der Waals surface area contributed by atoms with E-state index in [1.54, 1.807) is 19.1 Å². The summed E-state index contributed by atoms with van der Waals surface area (Å²) in [7, 11) is 0. The summed E-state index contributed by atoms with van der Waals surface area (Å²) in [5, 5.41) is 0. The third-order valence-corrected chi connectivity index (χ3v) is 1.83. The number of Topliss-reactive ketones (excluding diaryl/α,β-unsaturated/α-hetero) is 1. The molecule has 0 aliphatic carbocycles. The van der Waals surface area contributed by atoms with Crippen LogP contribution in [0.15, 0.2) is 24.3 Å². The van der Waals surface area contributed by atoms with Gasteiger partial charge in [0, 0.05) is 5.56 Å². The molecule has 3 heteroatoms. The topological polar surface area (TPSA) is 43.4 Å². The molecule has 0 aliphatic heterocycles. The molecule has 16 heavy (non-hydrogen) atoms. The average molecular weight is 216 g/mol. The van der Waals surface area contributed by atoms with Crippen molar-refractivity contribution in [1.82, 2.24) is 0 Å². The molecule has 0 unspecified atom stereocenters. The monoisotopic (exact) mass is 216 g/mol. The smallest absolute Gasteiger partial charge is 0.388 e. The molecule has 1 aromatic rings. The molecule has 1 aromatic carbocycles. The molecule has 0 saturated carbocycles. The van der Waals surface area contributed by atoms with E-state index in [4.69, 9.17) is 0 Å². The molecule has 0 bridgehead atoms. The first-order chi connectivity index (χ1) is 7.63. The maximum atomic E-state index is 11.1. The minimum absolute atomic E-state index is 0.177. The van der Waals surface area contributed by atoms with E-state index < -0.39 is 11.8 Å². The number of hydrogen-bond acceptors (Lipinski definition) is 3. The first-order valence-corrected chi connectivity index (χ1v) is 4.93. The number of ether oxygens (including phenoxy) is 1. The van der Waals surface area contributed by atoms with Crippen molar-refractivity contribution in [2.45, 2.75) is 13.8 Å². The minimum Gasteiger partial charge on any atom is -0.459 e. The summed E-state index contributed by atoms with van der Waals surface area (Å²) in [6, 6.07) is 7.36. The molecule has 0 N–H and O–H groups in total. The van der Waals surface area contributed by atoms with Crippen LogP contribution in [0.2, 0.25) is 0 Å². The van der Waals surface area contributed by atoms with Crippen LogP contribution in [-0.2, 0) is 14.3 Å². The van der Waals surface area contributed by atoms with E-state index in [0.717, 1.165) is 5.56 Å². The summed E-state index contributed by atoms with van der Waals surface area (Å²) in [4.78, 5) is 22.1. The van der Waals surface area contributed by atoms with Crippen LogP contribution in [0, 0.1) is 18.8 Å². The lowest BCUT2D eigenvalue weighted by atomic mass is 10.1. The largest absolute Gasteiger partial charge is 0.459 e. The summed E-state index contributed by atoms with van der Waals surface area (Å²) in [6.07, 6.45) is 0. The Hall–Kier alpha value is -2.08. The van der Waals surface area contributed by atoms with Crippen LogP contribution in [0.5, 0.6) is 0 Å². The molecular weight excluding hydrogens is 204 g/mol. The van der Waals surface area contributed by atoms with Crippen molar-refractivity contribution in [3.63, 3.8) is 0 Å². The normalized spacial score (nSPS) is 8.88. The van der Waals surface area contributed by atoms with Gasteiger partial charge in [-0.05, 0) is 31.9 Å². The third-order valence-electron chi connectivity index (χ3n) is 1.83. The number of aryl methyl sites for hydroxylation is 1. The van der Waals surface area contributed by atoms with Crippen molar-refractivity contribution in [2.75, 3.05) is 6.61 Å². The van der Waals surface area contributed by atoms with Crippen LogP contribution < -0.4 is 0 Å². The highest BCUT2D eigenvalue weighted by Crippen LogP contribution is 2.00. The van der Waals surface area contributed by atoms with E-state index in [2.05, 4.69) is 16.6 Å². The van der Waals surface area contributed by atoms with Gasteiger partial charge in [0.05, 0.1) is 6.61 Å². The first-order valence-electron chi connectivity index (χ1n) is 4.93. The van der Waals surface area contributed by atoms with Crippen LogP contribution in [0.25, 0.3) is 0 Å². The van der Waals surface area contributed by atoms with E-state index in [9.17, 15) is 9.59 Å². The summed E-state index contributed by atoms with van der Waals surface area (Å²) in [6.45, 7) is 3.77. The maximum Gasteiger partial charge on any atom is 0.388 e. The molecule has 0 atom stereocenters. The van der Waals surface area contributed by atoms with Crippen LogP contribution in [-0.4, -0.2) is 18.4 Å². The second-order valence-electron chi connectivity index (χ2n) is 3.17. The maximum absolute atomic E-state index is 11.1. The van der Waals surface area contributed by atoms with Crippen LogP contribution in [0.4, 0.5) is 0 Å². The minimum atomic E-state index is -0.901. The van der Waals surface area contributed by atoms with E-state index in [1.807, 2.05) is 19.1 Å². The summed E-state index contributed by atoms with van der Waals surface area (Å²) in [5.74, 6) is 3.13. The molecule has 3 nitrogen and oxygen atoms in total. The molecule has 0 heterocycles. The molecule has 0 saturated heterocycles. The lowest BCUT2D eigenvalue weighted by molar-refractivity contribution is -0.150. The number of carbonyl (C=O) groups is 2. The van der Waals surface area contributed by atoms with Gasteiger partial charge in [0.25, 0.3) is 0 Å². The fourth-order valence-electron chi connectivity index (χ4n) is 1.01. The molecule has 0 spiro atoms. The van der Waals surface area contributed by atoms with Crippen molar-refractivity contribution in [3.8, 4) is 11.8 Å². The molecule has 0 fully saturated rings. The second kappa shape index (κ2) is 5.72. The van der Waals surface area contributed by atoms with Crippen molar-refractivity contribution in [3.05, 3.63) is 35.4 Å². The molecule has 82 valence electrons. The lowest BCUT2D eigenvalue weighted by Crippen LogP contribution is -2.15. The number of ketones is 1. The zero-order chi connectivity index (χ0) is 12.0. The van der Waals surface area contributed by atoms with Gasteiger partial charge < -0.3 is 4.74 Å². The van der Waals surface area contributed by atoms with Crippen molar-refractivity contribution in [1.29, 1.82) is 0 Å². The molecule has 0 aromatic heterocycles. The predicted molar refractivity (Wildman–Crippen MR) is 59.7 cm³/mol. The Kier molecular flexibility index (Phi) is 4.28. The number of carbonyl (C=O) groups excluding carboxylic acids is 2. The Labute approximate surface area is 94.4 Å². The highest BCUT2D eigenvalue weighted by atomic mass is 16.5. The van der Waals surface area contributed by atoms with Crippen molar-refractivity contribution < 1.29 is 14.3 Å². The molecule has 0 aliphatic rings. The Bertz CT molecular complexity index is 446. The lowest BCUT2D eigenvalue weighted by Gasteiger charge is -1.94. The SMILES string of the molecule is CCOC(=O)C(=O)C#Cc1ccc(C)cc1. The van der Waals surface area contributed by atoms with Crippen LogP contribution in [0.1, 0.15) is 18.1 Å². The van der Waals surface area contributed by atoms with E-state index >= 15 is 0 Å². The van der Waals surface area contributed by atoms with Gasteiger partial charge in [0.1, 0.15) is 0 Å². The van der Waals surface area contributed by atoms with Gasteiger partial charge in [-0.25, -0.2) is 4.79 Å². The summed E-state index contributed by atoms with van der Waals surface area (Å²) < 4.78 is 4.52. The fourth-order valence-corrected chi connectivity index (χ4v) is 1.01. The van der Waals surface area contributed by atoms with E-state index in [0.29, 0.717) is 5.56 Å². The van der Waals surface area contributed by atoms with Gasteiger partial charge in [-0.3, -0.25) is 4.79 Å². The highest BCUT2D eigenvalue weighted by Gasteiger charge is 2.10. The van der Waals surface area contributed by atoms with Crippen molar-refractivity contribution >= 4 is 11.8 Å². The van der Waals surface area contributed by atoms with Crippen LogP contribution in [0.3, 0.4) is 0 Å². The Morgan fingerprint density at radius 2 is 1.88 bits per heavy atom. The molecule has 0 amide bonds. The van der Waals surface area contributed by atoms with E-state index in [1.165, 1.54) is 0 Å². The Morgan fingerprint density at radius 1 is 1.25 bits per heavy atom. The quantitative estimate of drug-likeness (QED) is 0.427. The van der Waals surface area contributed by atoms with Crippen LogP contribution >= 0.6 is 0 Å². The number of esters is 1. The zero-order valence-corrected chi connectivity index (χ0v) is 9.24. The fraction of sp³-hybridized carbons (Fsp3) is 0.231. The first kappa shape index (κ1) is 12.0. The summed E-state index contributed by atoms with van der Waals surface area (Å²) >= 11 is 0. The number of benzene rings is 1. The Morgan fingerprint density at radius 3 is 2.44 bits per heavy atom. The molecule has 1 rings (SSSR count). The highest BCUT2D eigenvalue weighted by molar-refractivity contribution is 6.40. The number of hydrogen-bond donors (Lipinski definition) is 0. The zero-order valence-electron chi connectivity index (χ0n) is 9.24. The van der Waals surface area contributed by atoms with Gasteiger partial charge in [-0.15, -0.1) is 0 Å². The van der Waals surface area contributed by atoms with Gasteiger partial charge in [-0.2, -0.15) is 0 Å². The standard InChI is InChI=1S/C13H12O3/c1-3-16-13(15)12(14)9-8-11-6-4-10(2)5-7-11/h4-7H,3H2,1-2H3.